The molecule has 0 radical (unpaired) electrons. The van der Waals surface area contributed by atoms with E-state index >= 15 is 0 Å². The van der Waals surface area contributed by atoms with Gasteiger partial charge in [0.1, 0.15) is 29.7 Å². The molecule has 0 amide bonds. The van der Waals surface area contributed by atoms with Gasteiger partial charge in [-0.2, -0.15) is 0 Å². The van der Waals surface area contributed by atoms with Gasteiger partial charge in [-0.1, -0.05) is 6.92 Å². The topological polar surface area (TPSA) is 97.3 Å². The van der Waals surface area contributed by atoms with Gasteiger partial charge in [0, 0.05) is 0 Å². The Morgan fingerprint density at radius 3 is 2.71 bits per heavy atom. The summed E-state index contributed by atoms with van der Waals surface area (Å²) >= 11 is 0. The van der Waals surface area contributed by atoms with Crippen molar-refractivity contribution in [3.8, 4) is 0 Å². The Kier molecular flexibility index (Phi) is 2.69. The highest BCUT2D eigenvalue weighted by Gasteiger charge is 2.66. The Morgan fingerprint density at radius 2 is 1.96 bits per heavy atom. The Bertz CT molecular complexity index is 813. The Morgan fingerprint density at radius 1 is 1.17 bits per heavy atom. The molecule has 24 heavy (non-hydrogen) atoms. The van der Waals surface area contributed by atoms with Crippen molar-refractivity contribution in [2.24, 2.45) is 5.92 Å². The van der Waals surface area contributed by atoms with E-state index in [1.165, 1.54) is 6.33 Å². The van der Waals surface area contributed by atoms with E-state index in [9.17, 15) is 0 Å². The molecular weight excluding hydrogens is 310 g/mol. The number of anilines is 1. The highest BCUT2D eigenvalue weighted by atomic mass is 16.8. The monoisotopic (exact) mass is 331 g/mol. The molecule has 0 unspecified atom stereocenters. The number of hydrogen-bond donors (Lipinski definition) is 1. The summed E-state index contributed by atoms with van der Waals surface area (Å²) in [5, 5.41) is 0. The molecule has 2 aromatic heterocycles. The fourth-order valence-corrected chi connectivity index (χ4v) is 4.50. The van der Waals surface area contributed by atoms with Crippen molar-refractivity contribution in [3.63, 3.8) is 0 Å². The minimum atomic E-state index is -0.617. The van der Waals surface area contributed by atoms with Crippen LogP contribution in [0.3, 0.4) is 0 Å². The van der Waals surface area contributed by atoms with Crippen LogP contribution in [0, 0.1) is 5.92 Å². The highest BCUT2D eigenvalue weighted by molar-refractivity contribution is 5.81. The van der Waals surface area contributed by atoms with Gasteiger partial charge in [0.25, 0.3) is 0 Å². The molecule has 4 heterocycles. The molecule has 3 aliphatic rings. The molecule has 1 spiro atoms. The van der Waals surface area contributed by atoms with Crippen LogP contribution in [0.15, 0.2) is 12.7 Å². The molecular formula is C16H21N5O3. The Labute approximate surface area is 139 Å². The van der Waals surface area contributed by atoms with Crippen LogP contribution in [0.4, 0.5) is 5.82 Å². The third-order valence-electron chi connectivity index (χ3n) is 5.33. The molecule has 2 saturated heterocycles. The molecule has 1 aliphatic carbocycles. The highest BCUT2D eigenvalue weighted by Crippen LogP contribution is 2.57. The number of aromatic nitrogens is 4. The fraction of sp³-hybridized carbons (Fsp3) is 0.688. The van der Waals surface area contributed by atoms with Gasteiger partial charge in [0.15, 0.2) is 23.5 Å². The van der Waals surface area contributed by atoms with E-state index in [2.05, 4.69) is 21.9 Å². The van der Waals surface area contributed by atoms with Crippen molar-refractivity contribution >= 4 is 17.0 Å². The van der Waals surface area contributed by atoms with E-state index in [1.54, 1.807) is 6.33 Å². The molecule has 3 fully saturated rings. The summed E-state index contributed by atoms with van der Waals surface area (Å²) < 4.78 is 20.8. The smallest absolute Gasteiger partial charge is 0.167 e. The van der Waals surface area contributed by atoms with Gasteiger partial charge >= 0.3 is 0 Å². The van der Waals surface area contributed by atoms with Crippen LogP contribution in [0.5, 0.6) is 0 Å². The fourth-order valence-electron chi connectivity index (χ4n) is 4.50. The van der Waals surface area contributed by atoms with E-state index in [-0.39, 0.29) is 24.0 Å². The Hall–Kier alpha value is -1.77. The molecule has 5 rings (SSSR count). The molecule has 2 aliphatic heterocycles. The normalized spacial score (nSPS) is 40.1. The van der Waals surface area contributed by atoms with Crippen molar-refractivity contribution < 1.29 is 14.2 Å². The molecule has 0 bridgehead atoms. The first-order chi connectivity index (χ1) is 11.4. The summed E-state index contributed by atoms with van der Waals surface area (Å²) in [5.74, 6) is 0.381. The third-order valence-corrected chi connectivity index (χ3v) is 5.33. The first-order valence-corrected chi connectivity index (χ1v) is 8.35. The van der Waals surface area contributed by atoms with Gasteiger partial charge in [0.2, 0.25) is 0 Å². The van der Waals surface area contributed by atoms with Crippen molar-refractivity contribution in [1.29, 1.82) is 0 Å². The van der Waals surface area contributed by atoms with Crippen LogP contribution in [0.1, 0.15) is 39.8 Å². The minimum absolute atomic E-state index is 0.0784. The average molecular weight is 331 g/mol. The first-order valence-electron chi connectivity index (χ1n) is 8.35. The second-order valence-corrected chi connectivity index (χ2v) is 7.69. The second kappa shape index (κ2) is 4.44. The maximum atomic E-state index is 6.48. The van der Waals surface area contributed by atoms with Crippen molar-refractivity contribution in [3.05, 3.63) is 12.7 Å². The standard InChI is InChI=1S/C16H21N5O3/c1-8-4-16(5-8)11-10(22-15(2,3)23-11)14(24-16)21-7-20-9-12(17)18-6-19-13(9)21/h6-8,10-11,14H,4-5H2,1-3H3,(H2,17,18,19)/t8?,10-,11+,14-,16?/m1/s1. The van der Waals surface area contributed by atoms with Crippen LogP contribution in [-0.2, 0) is 14.2 Å². The second-order valence-electron chi connectivity index (χ2n) is 7.69. The number of nitrogen functional groups attached to an aromatic ring is 1. The molecule has 2 N–H and O–H groups in total. The van der Waals surface area contributed by atoms with Gasteiger partial charge < -0.3 is 19.9 Å². The zero-order valence-corrected chi connectivity index (χ0v) is 14.0. The van der Waals surface area contributed by atoms with Gasteiger partial charge in [-0.3, -0.25) is 4.57 Å². The van der Waals surface area contributed by atoms with E-state index in [1.807, 2.05) is 18.4 Å². The summed E-state index contributed by atoms with van der Waals surface area (Å²) in [6.45, 7) is 6.13. The van der Waals surface area contributed by atoms with Crippen LogP contribution in [0.2, 0.25) is 0 Å². The summed E-state index contributed by atoms with van der Waals surface area (Å²) in [4.78, 5) is 12.7. The molecule has 128 valence electrons. The van der Waals surface area contributed by atoms with Crippen LogP contribution in [0.25, 0.3) is 11.2 Å². The van der Waals surface area contributed by atoms with E-state index < -0.39 is 5.79 Å². The lowest BCUT2D eigenvalue weighted by atomic mass is 9.69. The van der Waals surface area contributed by atoms with Crippen LogP contribution in [-0.4, -0.2) is 43.1 Å². The van der Waals surface area contributed by atoms with Crippen LogP contribution >= 0.6 is 0 Å². The molecule has 3 atom stereocenters. The van der Waals surface area contributed by atoms with Crippen molar-refractivity contribution in [2.75, 3.05) is 5.73 Å². The number of rotatable bonds is 1. The lowest BCUT2D eigenvalue weighted by Gasteiger charge is -2.46. The number of hydrogen-bond acceptors (Lipinski definition) is 7. The lowest BCUT2D eigenvalue weighted by Crippen LogP contribution is -2.52. The van der Waals surface area contributed by atoms with Gasteiger partial charge in [0.05, 0.1) is 6.33 Å². The number of nitrogens with two attached hydrogens (primary N) is 1. The van der Waals surface area contributed by atoms with Gasteiger partial charge in [-0.05, 0) is 32.6 Å². The number of nitrogens with zero attached hydrogens (tertiary/aromatic N) is 4. The van der Waals surface area contributed by atoms with E-state index in [4.69, 9.17) is 19.9 Å². The molecule has 1 saturated carbocycles. The SMILES string of the molecule is CC1CC2(C1)O[C@@H](n1cnc3c(N)ncnc31)[C@@H]1OC(C)(C)O[C@@H]12. The van der Waals surface area contributed by atoms with Crippen molar-refractivity contribution in [2.45, 2.75) is 63.4 Å². The summed E-state index contributed by atoms with van der Waals surface area (Å²) in [7, 11) is 0. The predicted octanol–water partition coefficient (Wildman–Crippen LogP) is 1.63. The summed E-state index contributed by atoms with van der Waals surface area (Å²) in [6, 6.07) is 0. The Balaban J connectivity index is 1.59. The summed E-state index contributed by atoms with van der Waals surface area (Å²) in [6.07, 6.45) is 4.50. The zero-order chi connectivity index (χ0) is 16.7. The predicted molar refractivity (Wildman–Crippen MR) is 84.8 cm³/mol. The minimum Gasteiger partial charge on any atom is -0.382 e. The summed E-state index contributed by atoms with van der Waals surface area (Å²) in [5.41, 5.74) is 6.86. The molecule has 0 aromatic carbocycles. The zero-order valence-electron chi connectivity index (χ0n) is 14.0. The maximum Gasteiger partial charge on any atom is 0.167 e. The molecule has 8 nitrogen and oxygen atoms in total. The number of ether oxygens (including phenoxy) is 3. The first kappa shape index (κ1) is 14.6. The lowest BCUT2D eigenvalue weighted by molar-refractivity contribution is -0.243. The van der Waals surface area contributed by atoms with Crippen molar-refractivity contribution in [1.82, 2.24) is 19.5 Å². The van der Waals surface area contributed by atoms with E-state index in [0.29, 0.717) is 22.9 Å². The van der Waals surface area contributed by atoms with E-state index in [0.717, 1.165) is 12.8 Å². The number of imidazole rings is 1. The molecule has 8 heteroatoms. The average Bonchev–Trinajstić information content (AvgIpc) is 3.11. The third kappa shape index (κ3) is 1.81. The van der Waals surface area contributed by atoms with Gasteiger partial charge in [-0.15, -0.1) is 0 Å². The maximum absolute atomic E-state index is 6.48. The number of fused-ring (bicyclic) bond motifs is 3. The van der Waals surface area contributed by atoms with Gasteiger partial charge in [-0.25, -0.2) is 15.0 Å². The largest absolute Gasteiger partial charge is 0.382 e. The van der Waals surface area contributed by atoms with Crippen LogP contribution < -0.4 is 5.73 Å². The molecule has 2 aromatic rings. The quantitative estimate of drug-likeness (QED) is 0.848.